The first-order chi connectivity index (χ1) is 23.9. The number of aromatic amines is 2. The molecule has 4 N–H and O–H groups in total. The zero-order valence-corrected chi connectivity index (χ0v) is 27.7. The van der Waals surface area contributed by atoms with Crippen LogP contribution in [0, 0.1) is 0 Å². The molecule has 2 unspecified atom stereocenters. The molecule has 0 spiro atoms. The molecule has 49 heavy (non-hydrogen) atoms. The first-order valence-corrected chi connectivity index (χ1v) is 16.7. The monoisotopic (exact) mass is 660 g/mol. The largest absolute Gasteiger partial charge is 0.453 e. The molecule has 2 atom stereocenters. The predicted molar refractivity (Wildman–Crippen MR) is 186 cm³/mol. The summed E-state index contributed by atoms with van der Waals surface area (Å²) in [5, 5.41) is 7.67. The zero-order valence-electron chi connectivity index (χ0n) is 27.7. The van der Waals surface area contributed by atoms with Crippen molar-refractivity contribution in [1.82, 2.24) is 40.4 Å². The maximum atomic E-state index is 12.8. The summed E-state index contributed by atoms with van der Waals surface area (Å²) in [5.74, 6) is 1.51. The number of nitrogens with zero attached hydrogens (tertiary/aromatic N) is 4. The van der Waals surface area contributed by atoms with E-state index in [9.17, 15) is 14.4 Å². The molecule has 2 aromatic heterocycles. The van der Waals surface area contributed by atoms with Crippen LogP contribution >= 0.6 is 0 Å². The average Bonchev–Trinajstić information content (AvgIpc) is 3.96. The molecule has 2 saturated heterocycles. The predicted octanol–water partition coefficient (Wildman–Crippen LogP) is 5.19. The quantitative estimate of drug-likeness (QED) is 0.170. The van der Waals surface area contributed by atoms with Crippen molar-refractivity contribution >= 4 is 28.7 Å². The summed E-state index contributed by atoms with van der Waals surface area (Å²) in [6.07, 6.45) is 6.61. The van der Waals surface area contributed by atoms with Crippen LogP contribution in [0.3, 0.4) is 0 Å². The fourth-order valence-corrected chi connectivity index (χ4v) is 7.01. The number of imidazole rings is 2. The lowest BCUT2D eigenvalue weighted by molar-refractivity contribution is -0.132. The van der Waals surface area contributed by atoms with Crippen LogP contribution in [0.2, 0.25) is 0 Å². The third-order valence-electron chi connectivity index (χ3n) is 9.55. The van der Waals surface area contributed by atoms with Crippen molar-refractivity contribution < 1.29 is 19.1 Å². The molecular formula is C37H40N8O4. The SMILES string of the molecule is CNCC(=O)N1CCCC1c1ncc(-c2ccc(-c3ccc4cc(-c5cnc(C6CCCN6C(=O)CNC(=O)OC)[nH]5)ccc4c3)cc2)[nH]1. The molecule has 0 saturated carbocycles. The second-order valence-corrected chi connectivity index (χ2v) is 12.6. The van der Waals surface area contributed by atoms with Crippen LogP contribution in [0.1, 0.15) is 49.4 Å². The Balaban J connectivity index is 1.03. The number of carbonyl (C=O) groups is 3. The molecule has 0 aliphatic carbocycles. The van der Waals surface area contributed by atoms with Crippen molar-refractivity contribution in [2.45, 2.75) is 37.8 Å². The summed E-state index contributed by atoms with van der Waals surface area (Å²) < 4.78 is 4.58. The fraction of sp³-hybridized carbons (Fsp3) is 0.324. The highest BCUT2D eigenvalue weighted by Gasteiger charge is 2.33. The molecule has 3 amide bonds. The number of benzene rings is 3. The average molecular weight is 661 g/mol. The van der Waals surface area contributed by atoms with Gasteiger partial charge in [-0.3, -0.25) is 9.59 Å². The van der Waals surface area contributed by atoms with Crippen LogP contribution in [-0.2, 0) is 14.3 Å². The van der Waals surface area contributed by atoms with Crippen LogP contribution in [0.4, 0.5) is 4.79 Å². The number of ether oxygens (including phenoxy) is 1. The molecule has 2 aliphatic rings. The number of alkyl carbamates (subject to hydrolysis) is 1. The smallest absolute Gasteiger partial charge is 0.407 e. The molecule has 0 bridgehead atoms. The van der Waals surface area contributed by atoms with Gasteiger partial charge >= 0.3 is 6.09 Å². The van der Waals surface area contributed by atoms with Crippen molar-refractivity contribution in [1.29, 1.82) is 0 Å². The van der Waals surface area contributed by atoms with E-state index in [0.29, 0.717) is 13.1 Å². The summed E-state index contributed by atoms with van der Waals surface area (Å²) in [7, 11) is 3.06. The number of methoxy groups -OCH3 is 1. The number of amides is 3. The molecule has 5 aromatic rings. The summed E-state index contributed by atoms with van der Waals surface area (Å²) in [6, 6.07) is 21.1. The van der Waals surface area contributed by atoms with Crippen molar-refractivity contribution in [2.75, 3.05) is 40.3 Å². The molecule has 2 aliphatic heterocycles. The first kappa shape index (κ1) is 32.1. The molecule has 3 aromatic carbocycles. The lowest BCUT2D eigenvalue weighted by Crippen LogP contribution is -2.40. The van der Waals surface area contributed by atoms with E-state index in [1.54, 1.807) is 11.9 Å². The van der Waals surface area contributed by atoms with E-state index in [4.69, 9.17) is 0 Å². The third kappa shape index (κ3) is 6.64. The normalized spacial score (nSPS) is 17.5. The zero-order chi connectivity index (χ0) is 33.9. The van der Waals surface area contributed by atoms with E-state index in [2.05, 4.69) is 96.0 Å². The number of H-pyrrole nitrogens is 2. The van der Waals surface area contributed by atoms with Crippen molar-refractivity contribution in [3.63, 3.8) is 0 Å². The van der Waals surface area contributed by atoms with Gasteiger partial charge in [0.2, 0.25) is 11.8 Å². The van der Waals surface area contributed by atoms with E-state index in [1.165, 1.54) is 7.11 Å². The Morgan fingerprint density at radius 3 is 1.84 bits per heavy atom. The number of likely N-dealkylation sites (N-methyl/N-ethyl adjacent to an activating group) is 1. The van der Waals surface area contributed by atoms with Gasteiger partial charge in [-0.25, -0.2) is 14.8 Å². The number of hydrogen-bond acceptors (Lipinski definition) is 7. The minimum absolute atomic E-state index is 0.0150. The van der Waals surface area contributed by atoms with Gasteiger partial charge in [-0.2, -0.15) is 0 Å². The van der Waals surface area contributed by atoms with Crippen LogP contribution in [0.25, 0.3) is 44.4 Å². The Kier molecular flexibility index (Phi) is 9.12. The van der Waals surface area contributed by atoms with Crippen LogP contribution in [0.15, 0.2) is 73.1 Å². The fourth-order valence-electron chi connectivity index (χ4n) is 7.01. The summed E-state index contributed by atoms with van der Waals surface area (Å²) in [6.45, 7) is 1.60. The molecule has 12 nitrogen and oxygen atoms in total. The topological polar surface area (TPSA) is 148 Å². The number of nitrogens with one attached hydrogen (secondary N) is 4. The summed E-state index contributed by atoms with van der Waals surface area (Å²) >= 11 is 0. The molecule has 252 valence electrons. The highest BCUT2D eigenvalue weighted by molar-refractivity contribution is 5.90. The van der Waals surface area contributed by atoms with Gasteiger partial charge in [0.05, 0.1) is 49.5 Å². The second-order valence-electron chi connectivity index (χ2n) is 12.6. The molecular weight excluding hydrogens is 620 g/mol. The molecule has 2 fully saturated rings. The van der Waals surface area contributed by atoms with Crippen LogP contribution < -0.4 is 10.6 Å². The van der Waals surface area contributed by atoms with Gasteiger partial charge < -0.3 is 35.1 Å². The highest BCUT2D eigenvalue weighted by Crippen LogP contribution is 2.34. The van der Waals surface area contributed by atoms with E-state index in [1.807, 2.05) is 17.3 Å². The van der Waals surface area contributed by atoms with Crippen LogP contribution in [-0.4, -0.2) is 88.0 Å². The minimum Gasteiger partial charge on any atom is -0.453 e. The van der Waals surface area contributed by atoms with E-state index in [-0.39, 0.29) is 30.4 Å². The number of aromatic nitrogens is 4. The Bertz CT molecular complexity index is 1980. The molecule has 7 rings (SSSR count). The van der Waals surface area contributed by atoms with Gasteiger partial charge in [0.1, 0.15) is 18.2 Å². The lowest BCUT2D eigenvalue weighted by atomic mass is 9.98. The van der Waals surface area contributed by atoms with Gasteiger partial charge in [-0.1, -0.05) is 48.5 Å². The van der Waals surface area contributed by atoms with Crippen molar-refractivity contribution in [2.24, 2.45) is 0 Å². The highest BCUT2D eigenvalue weighted by atomic mass is 16.5. The van der Waals surface area contributed by atoms with E-state index >= 15 is 0 Å². The number of rotatable bonds is 9. The van der Waals surface area contributed by atoms with Crippen molar-refractivity contribution in [3.05, 3.63) is 84.7 Å². The maximum Gasteiger partial charge on any atom is 0.407 e. The van der Waals surface area contributed by atoms with Gasteiger partial charge in [0, 0.05) is 18.7 Å². The lowest BCUT2D eigenvalue weighted by Gasteiger charge is -2.23. The van der Waals surface area contributed by atoms with E-state index in [0.717, 1.165) is 88.3 Å². The minimum atomic E-state index is -0.627. The molecule has 0 radical (unpaired) electrons. The van der Waals surface area contributed by atoms with Gasteiger partial charge in [-0.15, -0.1) is 0 Å². The number of likely N-dealkylation sites (tertiary alicyclic amines) is 2. The van der Waals surface area contributed by atoms with E-state index < -0.39 is 6.09 Å². The number of hydrogen-bond donors (Lipinski definition) is 4. The summed E-state index contributed by atoms with van der Waals surface area (Å²) in [4.78, 5) is 56.6. The second kappa shape index (κ2) is 13.9. The molecule has 4 heterocycles. The van der Waals surface area contributed by atoms with Gasteiger partial charge in [-0.05, 0) is 72.3 Å². The van der Waals surface area contributed by atoms with Gasteiger partial charge in [0.25, 0.3) is 0 Å². The number of carbonyl (C=O) groups excluding carboxylic acids is 3. The molecule has 12 heteroatoms. The van der Waals surface area contributed by atoms with Crippen molar-refractivity contribution in [3.8, 4) is 33.6 Å². The van der Waals surface area contributed by atoms with Crippen LogP contribution in [0.5, 0.6) is 0 Å². The standard InChI is InChI=1S/C37H40N8O4/c1-38-21-33(46)44-15-3-5-31(44)35-39-19-29(42-35)24-9-7-23(8-10-24)25-11-12-27-18-28(14-13-26(27)17-25)30-20-40-36(43-30)32-6-4-16-45(32)34(47)22-41-37(48)49-2/h7-14,17-20,31-32,38H,3-6,15-16,21-22H2,1-2H3,(H,39,42)(H,40,43)(H,41,48). The Morgan fingerprint density at radius 2 is 1.24 bits per heavy atom. The third-order valence-corrected chi connectivity index (χ3v) is 9.55. The van der Waals surface area contributed by atoms with Gasteiger partial charge in [0.15, 0.2) is 0 Å². The number of fused-ring (bicyclic) bond motifs is 1. The first-order valence-electron chi connectivity index (χ1n) is 16.7. The Labute approximate surface area is 284 Å². The Morgan fingerprint density at radius 1 is 0.735 bits per heavy atom. The summed E-state index contributed by atoms with van der Waals surface area (Å²) in [5.41, 5.74) is 6.11. The maximum absolute atomic E-state index is 12.8. The Hall–Kier alpha value is -5.49.